The molecule has 4 rings (SSSR count). The molecule has 0 aromatic heterocycles. The van der Waals surface area contributed by atoms with E-state index in [9.17, 15) is 14.9 Å². The van der Waals surface area contributed by atoms with E-state index in [0.29, 0.717) is 12.4 Å². The van der Waals surface area contributed by atoms with Gasteiger partial charge in [0.1, 0.15) is 17.4 Å². The number of halogens is 2. The van der Waals surface area contributed by atoms with Gasteiger partial charge in [0.2, 0.25) is 5.90 Å². The Labute approximate surface area is 196 Å². The quantitative estimate of drug-likeness (QED) is 0.176. The smallest absolute Gasteiger partial charge is 0.363 e. The van der Waals surface area contributed by atoms with Gasteiger partial charge in [-0.1, -0.05) is 51.8 Å². The third-order valence-electron chi connectivity index (χ3n) is 4.51. The molecule has 0 spiro atoms. The molecule has 1 heterocycles. The molecule has 32 heavy (non-hydrogen) atoms. The summed E-state index contributed by atoms with van der Waals surface area (Å²) in [5, 5.41) is 11.1. The Morgan fingerprint density at radius 2 is 1.81 bits per heavy atom. The molecule has 0 saturated heterocycles. The fourth-order valence-electron chi connectivity index (χ4n) is 2.88. The van der Waals surface area contributed by atoms with E-state index in [1.807, 2.05) is 24.3 Å². The van der Waals surface area contributed by atoms with Crippen LogP contribution in [0.1, 0.15) is 16.7 Å². The Hall–Kier alpha value is -3.49. The Bertz CT molecular complexity index is 1250. The maximum absolute atomic E-state index is 12.2. The fourth-order valence-corrected chi connectivity index (χ4v) is 3.33. The lowest BCUT2D eigenvalue weighted by atomic mass is 10.2. The van der Waals surface area contributed by atoms with E-state index in [0.717, 1.165) is 15.6 Å². The third-order valence-corrected chi connectivity index (χ3v) is 5.36. The van der Waals surface area contributed by atoms with Gasteiger partial charge in [-0.15, -0.1) is 0 Å². The molecule has 0 atom stereocenters. The minimum absolute atomic E-state index is 0.0121. The zero-order chi connectivity index (χ0) is 22.7. The number of esters is 1. The lowest BCUT2D eigenvalue weighted by Crippen LogP contribution is -2.06. The number of aliphatic imine (C=N–C) groups is 1. The first-order valence-electron chi connectivity index (χ1n) is 9.33. The number of ether oxygens (including phenoxy) is 2. The van der Waals surface area contributed by atoms with Crippen LogP contribution < -0.4 is 4.74 Å². The number of carbonyl (C=O) groups excluding carboxylic acids is 1. The first kappa shape index (κ1) is 21.7. The van der Waals surface area contributed by atoms with Crippen molar-refractivity contribution in [2.75, 3.05) is 0 Å². The number of nitro benzene ring substituents is 1. The van der Waals surface area contributed by atoms with Gasteiger partial charge in [-0.25, -0.2) is 9.79 Å². The van der Waals surface area contributed by atoms with E-state index in [-0.39, 0.29) is 27.9 Å². The molecule has 9 heteroatoms. The van der Waals surface area contributed by atoms with Crippen LogP contribution in [0.4, 0.5) is 5.69 Å². The molecule has 160 valence electrons. The second-order valence-corrected chi connectivity index (χ2v) is 8.07. The summed E-state index contributed by atoms with van der Waals surface area (Å²) in [7, 11) is 0. The average molecular weight is 514 g/mol. The van der Waals surface area contributed by atoms with Crippen molar-refractivity contribution in [2.45, 2.75) is 6.61 Å². The van der Waals surface area contributed by atoms with E-state index in [1.165, 1.54) is 18.2 Å². The van der Waals surface area contributed by atoms with Crippen LogP contribution in [0.15, 0.2) is 81.9 Å². The molecule has 0 fully saturated rings. The Kier molecular flexibility index (Phi) is 6.34. The van der Waals surface area contributed by atoms with Crippen LogP contribution in [0.2, 0.25) is 5.02 Å². The topological polar surface area (TPSA) is 91.0 Å². The Morgan fingerprint density at radius 1 is 1.09 bits per heavy atom. The highest BCUT2D eigenvalue weighted by molar-refractivity contribution is 9.10. The summed E-state index contributed by atoms with van der Waals surface area (Å²) >= 11 is 9.22. The summed E-state index contributed by atoms with van der Waals surface area (Å²) < 4.78 is 12.0. The molecule has 0 unspecified atom stereocenters. The molecule has 1 aliphatic heterocycles. The van der Waals surface area contributed by atoms with Crippen molar-refractivity contribution in [3.05, 3.63) is 109 Å². The molecule has 0 amide bonds. The number of benzene rings is 3. The molecule has 3 aromatic rings. The molecule has 0 radical (unpaired) electrons. The highest BCUT2D eigenvalue weighted by atomic mass is 79.9. The minimum atomic E-state index is -0.645. The summed E-state index contributed by atoms with van der Waals surface area (Å²) in [4.78, 5) is 26.8. The van der Waals surface area contributed by atoms with Gasteiger partial charge >= 0.3 is 5.97 Å². The van der Waals surface area contributed by atoms with E-state index in [1.54, 1.807) is 30.3 Å². The first-order valence-corrected chi connectivity index (χ1v) is 10.5. The van der Waals surface area contributed by atoms with E-state index < -0.39 is 10.9 Å². The number of carbonyl (C=O) groups is 1. The summed E-state index contributed by atoms with van der Waals surface area (Å²) in [6, 6.07) is 19.1. The monoisotopic (exact) mass is 512 g/mol. The molecular formula is C23H14BrClN2O5. The maximum atomic E-state index is 12.2. The number of hydrogen-bond acceptors (Lipinski definition) is 6. The predicted octanol–water partition coefficient (Wildman–Crippen LogP) is 5.93. The summed E-state index contributed by atoms with van der Waals surface area (Å²) in [6.45, 7) is 0.431. The average Bonchev–Trinajstić information content (AvgIpc) is 3.14. The number of hydrogen-bond donors (Lipinski definition) is 0. The zero-order valence-corrected chi connectivity index (χ0v) is 18.7. The van der Waals surface area contributed by atoms with Crippen LogP contribution in [0.25, 0.3) is 6.08 Å². The summed E-state index contributed by atoms with van der Waals surface area (Å²) in [6.07, 6.45) is 1.57. The van der Waals surface area contributed by atoms with Crippen LogP contribution in [0, 0.1) is 10.1 Å². The molecule has 1 aliphatic rings. The predicted molar refractivity (Wildman–Crippen MR) is 124 cm³/mol. The number of nitrogens with zero attached hydrogens (tertiary/aromatic N) is 2. The number of cyclic esters (lactones) is 1. The lowest BCUT2D eigenvalue weighted by Gasteiger charge is -2.06. The van der Waals surface area contributed by atoms with Gasteiger partial charge in [-0.3, -0.25) is 10.1 Å². The first-order chi connectivity index (χ1) is 15.4. The van der Waals surface area contributed by atoms with Crippen molar-refractivity contribution in [3.63, 3.8) is 0 Å². The van der Waals surface area contributed by atoms with E-state index >= 15 is 0 Å². The van der Waals surface area contributed by atoms with Gasteiger partial charge in [0.15, 0.2) is 5.70 Å². The van der Waals surface area contributed by atoms with E-state index in [4.69, 9.17) is 21.1 Å². The second-order valence-electron chi connectivity index (χ2n) is 6.74. The lowest BCUT2D eigenvalue weighted by molar-refractivity contribution is -0.384. The Balaban J connectivity index is 1.48. The van der Waals surface area contributed by atoms with Crippen molar-refractivity contribution in [1.82, 2.24) is 0 Å². The van der Waals surface area contributed by atoms with Crippen LogP contribution in [0.5, 0.6) is 5.75 Å². The van der Waals surface area contributed by atoms with Crippen molar-refractivity contribution in [3.8, 4) is 5.75 Å². The zero-order valence-electron chi connectivity index (χ0n) is 16.3. The standard InChI is InChI=1S/C23H14BrClN2O5/c24-17-6-1-15(2-7-17)13-31-18-8-3-14(4-9-18)11-20-23(28)32-22(26-20)16-5-10-19(25)21(12-16)27(29)30/h1-12H,13H2/b20-11-. The van der Waals surface area contributed by atoms with Gasteiger partial charge in [0, 0.05) is 16.1 Å². The van der Waals surface area contributed by atoms with Crippen LogP contribution in [0.3, 0.4) is 0 Å². The van der Waals surface area contributed by atoms with Gasteiger partial charge in [-0.2, -0.15) is 0 Å². The second kappa shape index (κ2) is 9.33. The van der Waals surface area contributed by atoms with Crippen molar-refractivity contribution < 1.29 is 19.2 Å². The third kappa shape index (κ3) is 5.04. The summed E-state index contributed by atoms with van der Waals surface area (Å²) in [5.41, 5.74) is 1.84. The van der Waals surface area contributed by atoms with Crippen molar-refractivity contribution in [2.24, 2.45) is 4.99 Å². The fraction of sp³-hybridized carbons (Fsp3) is 0.0435. The molecular weight excluding hydrogens is 500 g/mol. The summed E-state index contributed by atoms with van der Waals surface area (Å²) in [5.74, 6) is 0.0189. The molecule has 0 bridgehead atoms. The highest BCUT2D eigenvalue weighted by Crippen LogP contribution is 2.28. The highest BCUT2D eigenvalue weighted by Gasteiger charge is 2.26. The molecule has 0 saturated carbocycles. The van der Waals surface area contributed by atoms with Gasteiger partial charge in [-0.05, 0) is 53.6 Å². The number of nitro groups is 1. The van der Waals surface area contributed by atoms with Crippen molar-refractivity contribution >= 4 is 51.2 Å². The Morgan fingerprint density at radius 3 is 2.50 bits per heavy atom. The molecule has 0 N–H and O–H groups in total. The maximum Gasteiger partial charge on any atom is 0.363 e. The van der Waals surface area contributed by atoms with Crippen molar-refractivity contribution in [1.29, 1.82) is 0 Å². The van der Waals surface area contributed by atoms with Gasteiger partial charge in [0.05, 0.1) is 4.92 Å². The molecule has 3 aromatic carbocycles. The van der Waals surface area contributed by atoms with Gasteiger partial charge < -0.3 is 9.47 Å². The molecule has 7 nitrogen and oxygen atoms in total. The largest absolute Gasteiger partial charge is 0.489 e. The normalized spacial score (nSPS) is 14.2. The SMILES string of the molecule is O=C1OC(c2ccc(Cl)c([N+](=O)[O-])c2)=N/C1=C\c1ccc(OCc2ccc(Br)cc2)cc1. The van der Waals surface area contributed by atoms with Crippen LogP contribution in [-0.4, -0.2) is 16.8 Å². The minimum Gasteiger partial charge on any atom is -0.489 e. The van der Waals surface area contributed by atoms with Gasteiger partial charge in [0.25, 0.3) is 5.69 Å². The number of rotatable bonds is 6. The van der Waals surface area contributed by atoms with Crippen LogP contribution in [-0.2, 0) is 16.1 Å². The molecule has 0 aliphatic carbocycles. The van der Waals surface area contributed by atoms with E-state index in [2.05, 4.69) is 20.9 Å². The van der Waals surface area contributed by atoms with Crippen LogP contribution >= 0.6 is 27.5 Å².